The maximum absolute atomic E-state index is 13.4. The molecule has 17 heavy (non-hydrogen) atoms. The van der Waals surface area contributed by atoms with E-state index in [1.165, 1.54) is 25.3 Å². The van der Waals surface area contributed by atoms with Gasteiger partial charge in [-0.15, -0.1) is 5.10 Å². The molecule has 3 N–H and O–H groups in total. The summed E-state index contributed by atoms with van der Waals surface area (Å²) in [5.74, 6) is 0.349. The van der Waals surface area contributed by atoms with Crippen molar-refractivity contribution < 1.29 is 13.5 Å². The van der Waals surface area contributed by atoms with Crippen LogP contribution in [0.15, 0.2) is 22.6 Å². The summed E-state index contributed by atoms with van der Waals surface area (Å²) < 4.78 is 23.5. The summed E-state index contributed by atoms with van der Waals surface area (Å²) in [5, 5.41) is 9.96. The van der Waals surface area contributed by atoms with Gasteiger partial charge in [-0.25, -0.2) is 4.39 Å². The fraction of sp³-hybridized carbons (Fsp3) is 0.200. The topological polar surface area (TPSA) is 86.2 Å². The average Bonchev–Trinajstić information content (AvgIpc) is 2.80. The lowest BCUT2D eigenvalue weighted by molar-refractivity contribution is 0.414. The van der Waals surface area contributed by atoms with Gasteiger partial charge in [0.15, 0.2) is 0 Å². The van der Waals surface area contributed by atoms with E-state index in [0.717, 1.165) is 0 Å². The van der Waals surface area contributed by atoms with Gasteiger partial charge >= 0.3 is 6.01 Å². The van der Waals surface area contributed by atoms with Crippen molar-refractivity contribution in [1.82, 2.24) is 10.2 Å². The van der Waals surface area contributed by atoms with E-state index in [9.17, 15) is 4.39 Å². The van der Waals surface area contributed by atoms with Crippen LogP contribution in [0.3, 0.4) is 0 Å². The first-order valence-corrected chi connectivity index (χ1v) is 4.86. The number of benzene rings is 1. The largest absolute Gasteiger partial charge is 0.497 e. The molecule has 90 valence electrons. The van der Waals surface area contributed by atoms with E-state index < -0.39 is 5.82 Å². The number of hydrogen-bond donors (Lipinski definition) is 2. The zero-order chi connectivity index (χ0) is 12.3. The van der Waals surface area contributed by atoms with E-state index in [1.807, 2.05) is 0 Å². The summed E-state index contributed by atoms with van der Waals surface area (Å²) in [7, 11) is 1.50. The van der Waals surface area contributed by atoms with Crippen molar-refractivity contribution in [2.45, 2.75) is 6.54 Å². The lowest BCUT2D eigenvalue weighted by Gasteiger charge is -2.05. The van der Waals surface area contributed by atoms with Crippen LogP contribution in [-0.4, -0.2) is 17.3 Å². The lowest BCUT2D eigenvalue weighted by Crippen LogP contribution is -1.95. The zero-order valence-electron chi connectivity index (χ0n) is 9.11. The second kappa shape index (κ2) is 4.79. The highest BCUT2D eigenvalue weighted by molar-refractivity contribution is 5.55. The minimum atomic E-state index is -0.446. The van der Waals surface area contributed by atoms with Crippen molar-refractivity contribution in [2.24, 2.45) is 5.73 Å². The van der Waals surface area contributed by atoms with Crippen molar-refractivity contribution >= 4 is 11.7 Å². The Balaban J connectivity index is 2.22. The first-order valence-electron chi connectivity index (χ1n) is 4.86. The monoisotopic (exact) mass is 238 g/mol. The van der Waals surface area contributed by atoms with Gasteiger partial charge in [0.25, 0.3) is 0 Å². The normalized spacial score (nSPS) is 10.3. The molecular weight excluding hydrogens is 227 g/mol. The van der Waals surface area contributed by atoms with Crippen LogP contribution in [0.25, 0.3) is 0 Å². The summed E-state index contributed by atoms with van der Waals surface area (Å²) in [6, 6.07) is 4.36. The molecule has 0 radical (unpaired) electrons. The van der Waals surface area contributed by atoms with Gasteiger partial charge in [-0.2, -0.15) is 0 Å². The number of aromatic nitrogens is 2. The van der Waals surface area contributed by atoms with Crippen LogP contribution in [0.1, 0.15) is 5.89 Å². The van der Waals surface area contributed by atoms with Gasteiger partial charge in [0, 0.05) is 6.07 Å². The number of halogens is 1. The Hall–Kier alpha value is -2.15. The van der Waals surface area contributed by atoms with E-state index in [-0.39, 0.29) is 24.1 Å². The maximum atomic E-state index is 13.4. The fourth-order valence-electron chi connectivity index (χ4n) is 1.23. The van der Waals surface area contributed by atoms with Crippen molar-refractivity contribution in [1.29, 1.82) is 0 Å². The van der Waals surface area contributed by atoms with E-state index in [4.69, 9.17) is 14.9 Å². The Morgan fingerprint density at radius 3 is 2.94 bits per heavy atom. The number of anilines is 2. The summed E-state index contributed by atoms with van der Waals surface area (Å²) in [4.78, 5) is 0. The number of nitrogens with two attached hydrogens (primary N) is 1. The highest BCUT2D eigenvalue weighted by Gasteiger charge is 2.09. The van der Waals surface area contributed by atoms with Crippen LogP contribution in [0.2, 0.25) is 0 Å². The van der Waals surface area contributed by atoms with E-state index in [0.29, 0.717) is 5.75 Å². The quantitative estimate of drug-likeness (QED) is 0.837. The minimum Gasteiger partial charge on any atom is -0.497 e. The van der Waals surface area contributed by atoms with Crippen LogP contribution < -0.4 is 15.8 Å². The second-order valence-corrected chi connectivity index (χ2v) is 3.18. The number of hydrogen-bond acceptors (Lipinski definition) is 6. The highest BCUT2D eigenvalue weighted by atomic mass is 19.1. The smallest absolute Gasteiger partial charge is 0.320 e. The molecule has 0 amide bonds. The fourth-order valence-corrected chi connectivity index (χ4v) is 1.23. The minimum absolute atomic E-state index is 0.0811. The van der Waals surface area contributed by atoms with Crippen molar-refractivity contribution in [3.05, 3.63) is 29.9 Å². The third kappa shape index (κ3) is 2.51. The zero-order valence-corrected chi connectivity index (χ0v) is 9.11. The van der Waals surface area contributed by atoms with Gasteiger partial charge in [0.1, 0.15) is 11.6 Å². The van der Waals surface area contributed by atoms with Gasteiger partial charge in [0.05, 0.1) is 19.3 Å². The lowest BCUT2D eigenvalue weighted by atomic mass is 10.3. The molecule has 1 aromatic heterocycles. The Kier molecular flexibility index (Phi) is 3.20. The third-order valence-corrected chi connectivity index (χ3v) is 2.06. The van der Waals surface area contributed by atoms with Crippen LogP contribution in [0.4, 0.5) is 16.1 Å². The summed E-state index contributed by atoms with van der Waals surface area (Å²) in [6.07, 6.45) is 0. The molecule has 1 aromatic carbocycles. The number of nitrogens with one attached hydrogen (secondary N) is 1. The molecule has 0 bridgehead atoms. The number of rotatable bonds is 4. The molecule has 1 heterocycles. The predicted octanol–water partition coefficient (Wildman–Crippen LogP) is 1.42. The van der Waals surface area contributed by atoms with E-state index in [2.05, 4.69) is 15.5 Å². The van der Waals surface area contributed by atoms with Crippen LogP contribution in [0.5, 0.6) is 5.75 Å². The molecule has 0 saturated heterocycles. The van der Waals surface area contributed by atoms with Gasteiger partial charge in [-0.05, 0) is 12.1 Å². The maximum Gasteiger partial charge on any atom is 0.320 e. The Morgan fingerprint density at radius 1 is 1.47 bits per heavy atom. The summed E-state index contributed by atoms with van der Waals surface area (Å²) in [6.45, 7) is 0.134. The molecular formula is C10H11FN4O2. The summed E-state index contributed by atoms with van der Waals surface area (Å²) in [5.41, 5.74) is 5.51. The molecule has 2 rings (SSSR count). The molecule has 6 nitrogen and oxygen atoms in total. The number of methoxy groups -OCH3 is 1. The van der Waals surface area contributed by atoms with E-state index in [1.54, 1.807) is 0 Å². The first kappa shape index (κ1) is 11.3. The second-order valence-electron chi connectivity index (χ2n) is 3.18. The van der Waals surface area contributed by atoms with Crippen LogP contribution in [-0.2, 0) is 6.54 Å². The molecule has 0 fully saturated rings. The molecule has 0 unspecified atom stereocenters. The van der Waals surface area contributed by atoms with Gasteiger partial charge < -0.3 is 20.2 Å². The standard InChI is InChI=1S/C10H11FN4O2/c1-16-6-2-3-7(11)8(4-6)13-10-15-14-9(5-12)17-10/h2-4H,5,12H2,1H3,(H,13,15). The van der Waals surface area contributed by atoms with Gasteiger partial charge in [-0.1, -0.05) is 5.10 Å². The van der Waals surface area contributed by atoms with E-state index >= 15 is 0 Å². The van der Waals surface area contributed by atoms with Crippen molar-refractivity contribution in [2.75, 3.05) is 12.4 Å². The highest BCUT2D eigenvalue weighted by Crippen LogP contribution is 2.23. The summed E-state index contributed by atoms with van der Waals surface area (Å²) >= 11 is 0. The Morgan fingerprint density at radius 2 is 2.29 bits per heavy atom. The SMILES string of the molecule is COc1ccc(F)c(Nc2nnc(CN)o2)c1. The molecule has 0 aliphatic carbocycles. The number of ether oxygens (including phenoxy) is 1. The third-order valence-electron chi connectivity index (χ3n) is 2.06. The number of nitrogens with zero attached hydrogens (tertiary/aromatic N) is 2. The molecule has 0 spiro atoms. The van der Waals surface area contributed by atoms with Gasteiger partial charge in [-0.3, -0.25) is 0 Å². The van der Waals surface area contributed by atoms with Crippen molar-refractivity contribution in [3.63, 3.8) is 0 Å². The average molecular weight is 238 g/mol. The Bertz CT molecular complexity index is 515. The Labute approximate surface area is 96.6 Å². The van der Waals surface area contributed by atoms with Crippen LogP contribution >= 0.6 is 0 Å². The molecule has 0 saturated carbocycles. The molecule has 0 aliphatic rings. The molecule has 0 atom stereocenters. The van der Waals surface area contributed by atoms with Crippen molar-refractivity contribution in [3.8, 4) is 5.75 Å². The van der Waals surface area contributed by atoms with Gasteiger partial charge in [0.2, 0.25) is 5.89 Å². The predicted molar refractivity (Wildman–Crippen MR) is 58.4 cm³/mol. The molecule has 7 heteroatoms. The first-order chi connectivity index (χ1) is 8.22. The van der Waals surface area contributed by atoms with Crippen LogP contribution in [0, 0.1) is 5.82 Å². The molecule has 2 aromatic rings. The molecule has 0 aliphatic heterocycles.